The fourth-order valence-corrected chi connectivity index (χ4v) is 6.29. The van der Waals surface area contributed by atoms with Gasteiger partial charge in [0.15, 0.2) is 0 Å². The quantitative estimate of drug-likeness (QED) is 0.235. The van der Waals surface area contributed by atoms with Crippen LogP contribution in [0.2, 0.25) is 0 Å². The summed E-state index contributed by atoms with van der Waals surface area (Å²) in [7, 11) is 3.10. The molecule has 9 nitrogen and oxygen atoms in total. The van der Waals surface area contributed by atoms with Crippen molar-refractivity contribution >= 4 is 11.7 Å². The molecule has 2 heterocycles. The average molecular weight is 568 g/mol. The normalized spacial score (nSPS) is 18.6. The summed E-state index contributed by atoms with van der Waals surface area (Å²) < 4.78 is 14.4. The van der Waals surface area contributed by atoms with Crippen LogP contribution >= 0.6 is 0 Å². The van der Waals surface area contributed by atoms with Gasteiger partial charge in [-0.25, -0.2) is 4.52 Å². The molecule has 0 N–H and O–H groups in total. The Hall–Kier alpha value is -4.29. The molecular weight excluding hydrogens is 530 g/mol. The minimum atomic E-state index is -0.408. The van der Waals surface area contributed by atoms with Gasteiger partial charge in [-0.05, 0) is 61.3 Å². The van der Waals surface area contributed by atoms with Crippen LogP contribution in [0.15, 0.2) is 59.7 Å². The van der Waals surface area contributed by atoms with E-state index in [1.54, 1.807) is 7.11 Å². The Morgan fingerprint density at radius 1 is 1.12 bits per heavy atom. The molecule has 0 saturated heterocycles. The largest absolute Gasteiger partial charge is 0.469 e. The minimum absolute atomic E-state index is 0.0256. The van der Waals surface area contributed by atoms with E-state index in [1.807, 2.05) is 57.6 Å². The molecule has 1 saturated carbocycles. The molecule has 0 aliphatic heterocycles. The number of aromatic nitrogens is 4. The lowest BCUT2D eigenvalue weighted by Gasteiger charge is -2.39. The Morgan fingerprint density at radius 3 is 2.52 bits per heavy atom. The van der Waals surface area contributed by atoms with Gasteiger partial charge in [0.25, 0.3) is 5.56 Å². The number of nitriles is 1. The van der Waals surface area contributed by atoms with Crippen molar-refractivity contribution in [3.05, 3.63) is 87.6 Å². The molecule has 0 unspecified atom stereocenters. The van der Waals surface area contributed by atoms with Crippen LogP contribution in [0.1, 0.15) is 80.3 Å². The second kappa shape index (κ2) is 12.7. The summed E-state index contributed by atoms with van der Waals surface area (Å²) in [6.45, 7) is 2.10. The number of esters is 1. The minimum Gasteiger partial charge on any atom is -0.469 e. The summed E-state index contributed by atoms with van der Waals surface area (Å²) in [6.07, 6.45) is 7.40. The zero-order chi connectivity index (χ0) is 29.7. The van der Waals surface area contributed by atoms with Gasteiger partial charge in [0.05, 0.1) is 30.0 Å². The summed E-state index contributed by atoms with van der Waals surface area (Å²) in [6, 6.07) is 17.9. The van der Waals surface area contributed by atoms with E-state index < -0.39 is 5.60 Å². The highest BCUT2D eigenvalue weighted by Gasteiger charge is 2.37. The van der Waals surface area contributed by atoms with Crippen molar-refractivity contribution < 1.29 is 14.3 Å². The number of carbonyl (C=O) groups is 1. The molecule has 42 heavy (non-hydrogen) atoms. The van der Waals surface area contributed by atoms with Gasteiger partial charge < -0.3 is 9.47 Å². The average Bonchev–Trinajstić information content (AvgIpc) is 3.52. The van der Waals surface area contributed by atoms with Crippen molar-refractivity contribution in [2.75, 3.05) is 14.2 Å². The third-order valence-electron chi connectivity index (χ3n) is 8.68. The number of hydrogen-bond acceptors (Lipinski definition) is 7. The van der Waals surface area contributed by atoms with Crippen molar-refractivity contribution in [1.29, 1.82) is 5.26 Å². The van der Waals surface area contributed by atoms with Gasteiger partial charge in [0.2, 0.25) is 5.78 Å². The van der Waals surface area contributed by atoms with Crippen LogP contribution in [-0.4, -0.2) is 45.0 Å². The number of ether oxygens (including phenoxy) is 2. The van der Waals surface area contributed by atoms with Gasteiger partial charge in [0.1, 0.15) is 6.33 Å². The Morgan fingerprint density at radius 2 is 1.86 bits per heavy atom. The van der Waals surface area contributed by atoms with Crippen molar-refractivity contribution in [3.8, 4) is 17.2 Å². The van der Waals surface area contributed by atoms with E-state index in [2.05, 4.69) is 23.1 Å². The highest BCUT2D eigenvalue weighted by molar-refractivity contribution is 5.70. The Balaban J connectivity index is 1.47. The molecule has 1 fully saturated rings. The van der Waals surface area contributed by atoms with E-state index in [1.165, 1.54) is 13.4 Å². The second-order valence-electron chi connectivity index (χ2n) is 11.0. The molecule has 0 bridgehead atoms. The predicted octanol–water partition coefficient (Wildman–Crippen LogP) is 5.43. The first kappa shape index (κ1) is 29.2. The smallest absolute Gasteiger partial charge is 0.305 e. The topological polar surface area (TPSA) is 112 Å². The molecule has 0 radical (unpaired) electrons. The number of aryl methyl sites for hydroxylation is 1. The number of rotatable bonds is 10. The third-order valence-corrected chi connectivity index (χ3v) is 8.68. The molecule has 0 atom stereocenters. The SMILES string of the molecule is CCCc1c(Cc2ccc(-c3ccccc3C#N)cc2)c(=O)n(C2CCC(CCC(=O)OC)(OC)CC2)c2ncnn12. The van der Waals surface area contributed by atoms with Gasteiger partial charge >= 0.3 is 5.97 Å². The summed E-state index contributed by atoms with van der Waals surface area (Å²) in [5.41, 5.74) is 4.69. The molecule has 0 spiro atoms. The zero-order valence-corrected chi connectivity index (χ0v) is 24.5. The molecule has 1 aliphatic rings. The van der Waals surface area contributed by atoms with E-state index in [0.717, 1.165) is 60.1 Å². The summed E-state index contributed by atoms with van der Waals surface area (Å²) in [4.78, 5) is 30.6. The number of hydrogen-bond donors (Lipinski definition) is 0. The first-order valence-electron chi connectivity index (χ1n) is 14.6. The highest BCUT2D eigenvalue weighted by Crippen LogP contribution is 2.40. The Labute approximate surface area is 245 Å². The molecule has 218 valence electrons. The van der Waals surface area contributed by atoms with Crippen LogP contribution < -0.4 is 5.56 Å². The van der Waals surface area contributed by atoms with Crippen molar-refractivity contribution in [2.45, 2.75) is 76.4 Å². The standard InChI is InChI=1S/C33H37N5O4/c1-4-7-29-28(20-23-10-12-24(13-11-23)27-9-6-5-8-25(27)21-34)31(40)37(32-35-22-36-38(29)32)26-14-17-33(42-3,18-15-26)19-16-30(39)41-2/h5-6,8-13,22,26H,4,7,14-20H2,1-3H3. The van der Waals surface area contributed by atoms with Gasteiger partial charge in [-0.2, -0.15) is 15.3 Å². The third kappa shape index (κ3) is 5.72. The lowest BCUT2D eigenvalue weighted by Crippen LogP contribution is -2.40. The first-order valence-corrected chi connectivity index (χ1v) is 14.6. The summed E-state index contributed by atoms with van der Waals surface area (Å²) >= 11 is 0. The lowest BCUT2D eigenvalue weighted by atomic mass is 9.79. The number of methoxy groups -OCH3 is 2. The predicted molar refractivity (Wildman–Crippen MR) is 159 cm³/mol. The maximum atomic E-state index is 14.3. The van der Waals surface area contributed by atoms with E-state index in [4.69, 9.17) is 9.47 Å². The molecule has 2 aromatic heterocycles. The van der Waals surface area contributed by atoms with Gasteiger partial charge in [0, 0.05) is 31.6 Å². The molecule has 4 aromatic rings. The maximum absolute atomic E-state index is 14.3. The van der Waals surface area contributed by atoms with Crippen LogP contribution in [0.25, 0.3) is 16.9 Å². The monoisotopic (exact) mass is 567 g/mol. The van der Waals surface area contributed by atoms with Crippen LogP contribution in [0.4, 0.5) is 0 Å². The fraction of sp³-hybridized carbons (Fsp3) is 0.424. The van der Waals surface area contributed by atoms with Crippen LogP contribution in [-0.2, 0) is 27.1 Å². The van der Waals surface area contributed by atoms with Gasteiger partial charge in [-0.3, -0.25) is 14.2 Å². The van der Waals surface area contributed by atoms with Crippen LogP contribution in [0.3, 0.4) is 0 Å². The summed E-state index contributed by atoms with van der Waals surface area (Å²) in [5, 5.41) is 14.1. The van der Waals surface area contributed by atoms with Crippen molar-refractivity contribution in [1.82, 2.24) is 19.2 Å². The number of carbonyl (C=O) groups excluding carboxylic acids is 1. The first-order chi connectivity index (χ1) is 20.4. The van der Waals surface area contributed by atoms with Crippen LogP contribution in [0.5, 0.6) is 0 Å². The summed E-state index contributed by atoms with van der Waals surface area (Å²) in [5.74, 6) is 0.327. The number of fused-ring (bicyclic) bond motifs is 1. The van der Waals surface area contributed by atoms with Gasteiger partial charge in [-0.15, -0.1) is 0 Å². The highest BCUT2D eigenvalue weighted by atomic mass is 16.5. The van der Waals surface area contributed by atoms with Crippen molar-refractivity contribution in [3.63, 3.8) is 0 Å². The zero-order valence-electron chi connectivity index (χ0n) is 24.5. The fourth-order valence-electron chi connectivity index (χ4n) is 6.29. The maximum Gasteiger partial charge on any atom is 0.305 e. The van der Waals surface area contributed by atoms with Crippen molar-refractivity contribution in [2.24, 2.45) is 0 Å². The molecular formula is C33H37N5O4. The van der Waals surface area contributed by atoms with E-state index in [0.29, 0.717) is 37.0 Å². The molecule has 1 aliphatic carbocycles. The number of nitrogens with zero attached hydrogens (tertiary/aromatic N) is 5. The Kier molecular flexibility index (Phi) is 8.83. The molecule has 9 heteroatoms. The van der Waals surface area contributed by atoms with Gasteiger partial charge in [-0.1, -0.05) is 55.8 Å². The van der Waals surface area contributed by atoms with E-state index in [-0.39, 0.29) is 17.6 Å². The van der Waals surface area contributed by atoms with Crippen LogP contribution in [0, 0.1) is 11.3 Å². The Bertz CT molecular complexity index is 1660. The molecule has 5 rings (SSSR count). The molecule has 2 aromatic carbocycles. The lowest BCUT2D eigenvalue weighted by molar-refractivity contribution is -0.143. The van der Waals surface area contributed by atoms with E-state index >= 15 is 0 Å². The van der Waals surface area contributed by atoms with E-state index in [9.17, 15) is 14.9 Å². The molecule has 0 amide bonds. The number of benzene rings is 2. The second-order valence-corrected chi connectivity index (χ2v) is 11.0.